The highest BCUT2D eigenvalue weighted by Crippen LogP contribution is 2.26. The highest BCUT2D eigenvalue weighted by atomic mass is 19.1. The Bertz CT molecular complexity index is 1220. The number of nitrogens with one attached hydrogen (secondary N) is 1. The van der Waals surface area contributed by atoms with E-state index in [1.165, 1.54) is 6.07 Å². The maximum Gasteiger partial charge on any atom is 0.258 e. The lowest BCUT2D eigenvalue weighted by atomic mass is 10.1. The van der Waals surface area contributed by atoms with E-state index in [2.05, 4.69) is 20.4 Å². The number of hydrogen-bond acceptors (Lipinski definition) is 7. The summed E-state index contributed by atoms with van der Waals surface area (Å²) in [6, 6.07) is 13.4. The van der Waals surface area contributed by atoms with Crippen LogP contribution in [0.4, 0.5) is 4.39 Å². The van der Waals surface area contributed by atoms with Crippen LogP contribution in [0.2, 0.25) is 0 Å². The second kappa shape index (κ2) is 12.6. The van der Waals surface area contributed by atoms with Crippen molar-refractivity contribution in [3.05, 3.63) is 54.3 Å². The molecule has 10 heteroatoms. The Morgan fingerprint density at radius 2 is 1.82 bits per heavy atom. The van der Waals surface area contributed by atoms with Gasteiger partial charge >= 0.3 is 0 Å². The smallest absolute Gasteiger partial charge is 0.258 e. The second-order valence-electron chi connectivity index (χ2n) is 9.68. The van der Waals surface area contributed by atoms with Crippen molar-refractivity contribution in [3.8, 4) is 28.6 Å². The molecule has 2 amide bonds. The molecule has 0 radical (unpaired) electrons. The quantitative estimate of drug-likeness (QED) is 0.405. The van der Waals surface area contributed by atoms with Gasteiger partial charge in [-0.15, -0.1) is 0 Å². The maximum absolute atomic E-state index is 14.8. The lowest BCUT2D eigenvalue weighted by Gasteiger charge is -2.36. The molecule has 0 aliphatic carbocycles. The first kappa shape index (κ1) is 27.3. The molecule has 1 aliphatic heterocycles. The van der Waals surface area contributed by atoms with Gasteiger partial charge in [0.15, 0.2) is 0 Å². The van der Waals surface area contributed by atoms with Crippen molar-refractivity contribution in [2.45, 2.75) is 33.2 Å². The van der Waals surface area contributed by atoms with Gasteiger partial charge in [0, 0.05) is 50.3 Å². The van der Waals surface area contributed by atoms with Gasteiger partial charge in [-0.05, 0) is 37.6 Å². The predicted molar refractivity (Wildman–Crippen MR) is 141 cm³/mol. The molecule has 1 saturated heterocycles. The zero-order valence-electron chi connectivity index (χ0n) is 22.0. The molecule has 1 atom stereocenters. The minimum absolute atomic E-state index is 0.0513. The summed E-state index contributed by atoms with van der Waals surface area (Å²) in [5.41, 5.74) is 1.01. The molecule has 38 heavy (non-hydrogen) atoms. The fourth-order valence-electron chi connectivity index (χ4n) is 4.18. The van der Waals surface area contributed by atoms with Crippen LogP contribution in [0.25, 0.3) is 22.8 Å². The molecule has 4 rings (SSSR count). The van der Waals surface area contributed by atoms with Crippen molar-refractivity contribution in [2.24, 2.45) is 5.92 Å². The highest BCUT2D eigenvalue weighted by Gasteiger charge is 2.26. The van der Waals surface area contributed by atoms with Crippen LogP contribution >= 0.6 is 0 Å². The summed E-state index contributed by atoms with van der Waals surface area (Å²) in [7, 11) is 0. The Hall–Kier alpha value is -3.79. The van der Waals surface area contributed by atoms with E-state index in [4.69, 9.17) is 9.26 Å². The number of halogens is 1. The molecular weight excluding hydrogens is 489 g/mol. The summed E-state index contributed by atoms with van der Waals surface area (Å²) in [6.45, 7) is 9.35. The predicted octanol–water partition coefficient (Wildman–Crippen LogP) is 3.62. The van der Waals surface area contributed by atoms with Crippen LogP contribution in [-0.2, 0) is 9.59 Å². The summed E-state index contributed by atoms with van der Waals surface area (Å²) in [5.74, 6) is 0.140. The van der Waals surface area contributed by atoms with Gasteiger partial charge in [0.05, 0.1) is 12.2 Å². The zero-order chi connectivity index (χ0) is 27.1. The Morgan fingerprint density at radius 1 is 1.08 bits per heavy atom. The third-order valence-electron chi connectivity index (χ3n) is 6.45. The molecule has 9 nitrogen and oxygen atoms in total. The minimum atomic E-state index is -0.525. The lowest BCUT2D eigenvalue weighted by Crippen LogP contribution is -2.54. The van der Waals surface area contributed by atoms with Crippen LogP contribution in [0.15, 0.2) is 53.1 Å². The number of aromatic nitrogens is 2. The third kappa shape index (κ3) is 6.95. The number of ether oxygens (including phenoxy) is 1. The van der Waals surface area contributed by atoms with E-state index in [9.17, 15) is 14.0 Å². The fourth-order valence-corrected chi connectivity index (χ4v) is 4.18. The number of benzene rings is 2. The van der Waals surface area contributed by atoms with Crippen LogP contribution < -0.4 is 10.1 Å². The van der Waals surface area contributed by atoms with Gasteiger partial charge < -0.3 is 19.5 Å². The molecule has 1 aromatic heterocycles. The normalized spacial score (nSPS) is 14.9. The number of amides is 2. The van der Waals surface area contributed by atoms with Crippen molar-refractivity contribution in [3.63, 3.8) is 0 Å². The molecule has 1 fully saturated rings. The van der Waals surface area contributed by atoms with Crippen molar-refractivity contribution in [1.29, 1.82) is 0 Å². The van der Waals surface area contributed by atoms with Crippen molar-refractivity contribution in [1.82, 2.24) is 25.3 Å². The topological polar surface area (TPSA) is 101 Å². The number of piperazine rings is 1. The number of hydrogen-bond donors (Lipinski definition) is 1. The van der Waals surface area contributed by atoms with E-state index in [0.29, 0.717) is 31.3 Å². The van der Waals surface area contributed by atoms with E-state index < -0.39 is 11.9 Å². The van der Waals surface area contributed by atoms with Crippen molar-refractivity contribution < 1.29 is 23.2 Å². The van der Waals surface area contributed by atoms with Crippen LogP contribution in [0.3, 0.4) is 0 Å². The third-order valence-corrected chi connectivity index (χ3v) is 6.45. The molecule has 2 aromatic carbocycles. The van der Waals surface area contributed by atoms with E-state index in [0.717, 1.165) is 31.6 Å². The fraction of sp³-hybridized carbons (Fsp3) is 0.429. The van der Waals surface area contributed by atoms with Gasteiger partial charge in [-0.2, -0.15) is 4.98 Å². The van der Waals surface area contributed by atoms with Crippen LogP contribution in [0, 0.1) is 11.7 Å². The molecule has 0 unspecified atom stereocenters. The van der Waals surface area contributed by atoms with Gasteiger partial charge in [0.25, 0.3) is 5.89 Å². The SMILES string of the molecule is CC(C)C(=O)N[C@H](C)C(=O)N1CCN(CCCOc2ccc(-c3noc(-c4ccccc4)n3)c(F)c2)CC1. The molecule has 2 heterocycles. The van der Waals surface area contributed by atoms with Gasteiger partial charge in [-0.25, -0.2) is 4.39 Å². The van der Waals surface area contributed by atoms with E-state index in [1.807, 2.05) is 30.3 Å². The molecule has 0 spiro atoms. The number of carbonyl (C=O) groups excluding carboxylic acids is 2. The largest absolute Gasteiger partial charge is 0.493 e. The molecule has 0 saturated carbocycles. The first-order valence-corrected chi connectivity index (χ1v) is 12.9. The average Bonchev–Trinajstić information content (AvgIpc) is 3.41. The summed E-state index contributed by atoms with van der Waals surface area (Å²) in [4.78, 5) is 32.9. The maximum atomic E-state index is 14.8. The first-order valence-electron chi connectivity index (χ1n) is 12.9. The van der Waals surface area contributed by atoms with Gasteiger partial charge in [0.2, 0.25) is 17.6 Å². The lowest BCUT2D eigenvalue weighted by molar-refractivity contribution is -0.138. The molecule has 3 aromatic rings. The second-order valence-corrected chi connectivity index (χ2v) is 9.68. The molecule has 1 aliphatic rings. The molecule has 0 bridgehead atoms. The van der Waals surface area contributed by atoms with Gasteiger partial charge in [0.1, 0.15) is 17.6 Å². The molecule has 202 valence electrons. The Kier molecular flexibility index (Phi) is 9.06. The summed E-state index contributed by atoms with van der Waals surface area (Å²) in [5, 5.41) is 6.68. The van der Waals surface area contributed by atoms with Gasteiger partial charge in [-0.1, -0.05) is 37.2 Å². The van der Waals surface area contributed by atoms with Crippen LogP contribution in [0.1, 0.15) is 27.2 Å². The minimum Gasteiger partial charge on any atom is -0.493 e. The molecular formula is C28H34FN5O4. The van der Waals surface area contributed by atoms with Crippen LogP contribution in [0.5, 0.6) is 5.75 Å². The summed E-state index contributed by atoms with van der Waals surface area (Å²) >= 11 is 0. The number of nitrogens with zero attached hydrogens (tertiary/aromatic N) is 4. The number of carbonyl (C=O) groups is 2. The Morgan fingerprint density at radius 3 is 2.50 bits per heavy atom. The standard InChI is InChI=1S/C28H34FN5O4/c1-19(2)26(35)30-20(3)28(36)34-15-13-33(14-16-34)12-7-17-37-22-10-11-23(24(29)18-22)25-31-27(38-32-25)21-8-5-4-6-9-21/h4-6,8-11,18-20H,7,12-17H2,1-3H3,(H,30,35)/t20-/m1/s1. The first-order chi connectivity index (χ1) is 18.3. The average molecular weight is 524 g/mol. The summed E-state index contributed by atoms with van der Waals surface area (Å²) < 4.78 is 25.8. The van der Waals surface area contributed by atoms with E-state index in [-0.39, 0.29) is 29.1 Å². The Balaban J connectivity index is 1.19. The van der Waals surface area contributed by atoms with Gasteiger partial charge in [-0.3, -0.25) is 14.5 Å². The highest BCUT2D eigenvalue weighted by molar-refractivity contribution is 5.88. The van der Waals surface area contributed by atoms with E-state index in [1.54, 1.807) is 37.8 Å². The van der Waals surface area contributed by atoms with E-state index >= 15 is 0 Å². The Labute approximate surface area is 222 Å². The monoisotopic (exact) mass is 523 g/mol. The number of rotatable bonds is 10. The summed E-state index contributed by atoms with van der Waals surface area (Å²) in [6.07, 6.45) is 0.767. The van der Waals surface area contributed by atoms with Crippen molar-refractivity contribution >= 4 is 11.8 Å². The van der Waals surface area contributed by atoms with Crippen LogP contribution in [-0.4, -0.2) is 77.1 Å². The van der Waals surface area contributed by atoms with Crippen molar-refractivity contribution in [2.75, 3.05) is 39.3 Å². The molecule has 1 N–H and O–H groups in total. The zero-order valence-corrected chi connectivity index (χ0v) is 22.0.